The van der Waals surface area contributed by atoms with E-state index in [0.29, 0.717) is 13.2 Å². The highest BCUT2D eigenvalue weighted by Gasteiger charge is 2.28. The number of carbonyl (C=O) groups excluding carboxylic acids is 1. The van der Waals surface area contributed by atoms with Crippen LogP contribution in [-0.4, -0.2) is 19.1 Å². The summed E-state index contributed by atoms with van der Waals surface area (Å²) in [6.07, 6.45) is 2.05. The lowest BCUT2D eigenvalue weighted by Gasteiger charge is -2.04. The highest BCUT2D eigenvalue weighted by Crippen LogP contribution is 2.28. The van der Waals surface area contributed by atoms with Gasteiger partial charge in [-0.25, -0.2) is 0 Å². The van der Waals surface area contributed by atoms with E-state index in [1.165, 1.54) is 0 Å². The molecule has 1 aromatic carbocycles. The Morgan fingerprint density at radius 1 is 1.39 bits per heavy atom. The Morgan fingerprint density at radius 3 is 2.89 bits per heavy atom. The Labute approximate surface area is 108 Å². The molecule has 0 bridgehead atoms. The molecule has 2 rings (SSSR count). The molecule has 1 N–H and O–H groups in total. The maximum absolute atomic E-state index is 11.3. The maximum atomic E-state index is 11.3. The van der Waals surface area contributed by atoms with Crippen LogP contribution in [0.5, 0.6) is 5.75 Å². The van der Waals surface area contributed by atoms with Crippen LogP contribution in [0.2, 0.25) is 0 Å². The van der Waals surface area contributed by atoms with Gasteiger partial charge in [-0.1, -0.05) is 30.0 Å². The van der Waals surface area contributed by atoms with Crippen molar-refractivity contribution in [3.8, 4) is 17.6 Å². The Hall–Kier alpha value is -1.95. The minimum Gasteiger partial charge on any atom is -0.481 e. The second-order valence-electron chi connectivity index (χ2n) is 4.40. The Bertz CT molecular complexity index is 481. The summed E-state index contributed by atoms with van der Waals surface area (Å²) in [5.41, 5.74) is 1.10. The zero-order valence-corrected chi connectivity index (χ0v) is 10.5. The summed E-state index contributed by atoms with van der Waals surface area (Å²) in [6.45, 7) is 2.76. The van der Waals surface area contributed by atoms with Crippen molar-refractivity contribution in [2.75, 3.05) is 13.2 Å². The molecule has 0 atom stereocenters. The van der Waals surface area contributed by atoms with Crippen molar-refractivity contribution in [1.29, 1.82) is 0 Å². The Kier molecular flexibility index (Phi) is 4.25. The fraction of sp³-hybridized carbons (Fsp3) is 0.400. The SMILES string of the molecule is Cc1ccccc1OCC#CCNC(=O)C1CC1. The van der Waals surface area contributed by atoms with Gasteiger partial charge in [0.05, 0.1) is 6.54 Å². The molecule has 0 spiro atoms. The van der Waals surface area contributed by atoms with Gasteiger partial charge in [-0.3, -0.25) is 4.79 Å². The van der Waals surface area contributed by atoms with Crippen molar-refractivity contribution in [1.82, 2.24) is 5.32 Å². The molecule has 0 radical (unpaired) electrons. The number of amides is 1. The van der Waals surface area contributed by atoms with Gasteiger partial charge in [0.25, 0.3) is 0 Å². The molecule has 0 heterocycles. The molecule has 1 fully saturated rings. The molecular weight excluding hydrogens is 226 g/mol. The number of hydrogen-bond donors (Lipinski definition) is 1. The fourth-order valence-corrected chi connectivity index (χ4v) is 1.57. The highest BCUT2D eigenvalue weighted by atomic mass is 16.5. The van der Waals surface area contributed by atoms with Gasteiger partial charge in [0, 0.05) is 5.92 Å². The minimum absolute atomic E-state index is 0.129. The molecular formula is C15H17NO2. The average Bonchev–Trinajstić information content (AvgIpc) is 3.19. The average molecular weight is 243 g/mol. The van der Waals surface area contributed by atoms with E-state index in [1.807, 2.05) is 31.2 Å². The molecule has 1 aliphatic rings. The number of nitrogens with one attached hydrogen (secondary N) is 1. The third-order valence-corrected chi connectivity index (χ3v) is 2.82. The van der Waals surface area contributed by atoms with Gasteiger partial charge in [0.2, 0.25) is 5.91 Å². The van der Waals surface area contributed by atoms with Crippen molar-refractivity contribution in [2.45, 2.75) is 19.8 Å². The molecule has 1 aliphatic carbocycles. The molecule has 3 heteroatoms. The number of benzene rings is 1. The maximum Gasteiger partial charge on any atom is 0.223 e. The van der Waals surface area contributed by atoms with Gasteiger partial charge in [-0.05, 0) is 31.4 Å². The van der Waals surface area contributed by atoms with E-state index < -0.39 is 0 Å². The van der Waals surface area contributed by atoms with Crippen molar-refractivity contribution in [3.05, 3.63) is 29.8 Å². The van der Waals surface area contributed by atoms with Gasteiger partial charge in [-0.2, -0.15) is 0 Å². The molecule has 0 saturated heterocycles. The van der Waals surface area contributed by atoms with Gasteiger partial charge < -0.3 is 10.1 Å². The summed E-state index contributed by atoms with van der Waals surface area (Å²) in [5, 5.41) is 2.79. The Morgan fingerprint density at radius 2 is 2.17 bits per heavy atom. The van der Waals surface area contributed by atoms with E-state index in [2.05, 4.69) is 17.2 Å². The monoisotopic (exact) mass is 243 g/mol. The van der Waals surface area contributed by atoms with Crippen LogP contribution in [0.3, 0.4) is 0 Å². The first kappa shape index (κ1) is 12.5. The normalized spacial score (nSPS) is 13.4. The lowest BCUT2D eigenvalue weighted by Crippen LogP contribution is -2.24. The molecule has 3 nitrogen and oxygen atoms in total. The first-order valence-electron chi connectivity index (χ1n) is 6.19. The number of para-hydroxylation sites is 1. The predicted octanol–water partition coefficient (Wildman–Crippen LogP) is 1.90. The minimum atomic E-state index is 0.129. The topological polar surface area (TPSA) is 38.3 Å². The zero-order valence-electron chi connectivity index (χ0n) is 10.5. The first-order chi connectivity index (χ1) is 8.77. The van der Waals surface area contributed by atoms with E-state index in [0.717, 1.165) is 24.2 Å². The summed E-state index contributed by atoms with van der Waals surface area (Å²) in [6, 6.07) is 7.83. The number of aryl methyl sites for hydroxylation is 1. The van der Waals surface area contributed by atoms with Crippen LogP contribution in [0.25, 0.3) is 0 Å². The fourth-order valence-electron chi connectivity index (χ4n) is 1.57. The lowest BCUT2D eigenvalue weighted by atomic mass is 10.2. The van der Waals surface area contributed by atoms with Crippen LogP contribution >= 0.6 is 0 Å². The van der Waals surface area contributed by atoms with E-state index in [1.54, 1.807) is 0 Å². The summed E-state index contributed by atoms with van der Waals surface area (Å²) in [5.74, 6) is 7.00. The van der Waals surface area contributed by atoms with E-state index in [-0.39, 0.29) is 11.8 Å². The van der Waals surface area contributed by atoms with Gasteiger partial charge in [0.1, 0.15) is 12.4 Å². The largest absolute Gasteiger partial charge is 0.481 e. The summed E-state index contributed by atoms with van der Waals surface area (Å²) >= 11 is 0. The third-order valence-electron chi connectivity index (χ3n) is 2.82. The molecule has 1 saturated carbocycles. The standard InChI is InChI=1S/C15H17NO2/c1-12-6-2-3-7-14(12)18-11-5-4-10-16-15(17)13-8-9-13/h2-3,6-7,13H,8-11H2,1H3,(H,16,17). The quantitative estimate of drug-likeness (QED) is 0.820. The summed E-state index contributed by atoms with van der Waals surface area (Å²) in [7, 11) is 0. The van der Waals surface area contributed by atoms with Crippen molar-refractivity contribution in [3.63, 3.8) is 0 Å². The number of hydrogen-bond acceptors (Lipinski definition) is 2. The molecule has 0 aliphatic heterocycles. The zero-order chi connectivity index (χ0) is 12.8. The van der Waals surface area contributed by atoms with Crippen LogP contribution in [0.4, 0.5) is 0 Å². The van der Waals surface area contributed by atoms with Crippen LogP contribution in [0, 0.1) is 24.7 Å². The van der Waals surface area contributed by atoms with Crippen molar-refractivity contribution < 1.29 is 9.53 Å². The number of rotatable bonds is 4. The van der Waals surface area contributed by atoms with Gasteiger partial charge in [-0.15, -0.1) is 0 Å². The van der Waals surface area contributed by atoms with Crippen LogP contribution in [0.15, 0.2) is 24.3 Å². The van der Waals surface area contributed by atoms with Crippen LogP contribution < -0.4 is 10.1 Å². The number of carbonyl (C=O) groups is 1. The summed E-state index contributed by atoms with van der Waals surface area (Å²) in [4.78, 5) is 11.3. The second-order valence-corrected chi connectivity index (χ2v) is 4.40. The molecule has 1 aromatic rings. The van der Waals surface area contributed by atoms with Gasteiger partial charge >= 0.3 is 0 Å². The van der Waals surface area contributed by atoms with Crippen molar-refractivity contribution in [2.24, 2.45) is 5.92 Å². The lowest BCUT2D eigenvalue weighted by molar-refractivity contribution is -0.122. The van der Waals surface area contributed by atoms with E-state index >= 15 is 0 Å². The van der Waals surface area contributed by atoms with Gasteiger partial charge in [0.15, 0.2) is 0 Å². The van der Waals surface area contributed by atoms with Crippen LogP contribution in [-0.2, 0) is 4.79 Å². The van der Waals surface area contributed by atoms with Crippen molar-refractivity contribution >= 4 is 5.91 Å². The molecule has 0 aromatic heterocycles. The van der Waals surface area contributed by atoms with E-state index in [4.69, 9.17) is 4.74 Å². The molecule has 94 valence electrons. The predicted molar refractivity (Wildman–Crippen MR) is 70.2 cm³/mol. The Balaban J connectivity index is 1.66. The van der Waals surface area contributed by atoms with E-state index in [9.17, 15) is 4.79 Å². The molecule has 0 unspecified atom stereocenters. The second kappa shape index (κ2) is 6.11. The highest BCUT2D eigenvalue weighted by molar-refractivity contribution is 5.81. The van der Waals surface area contributed by atoms with Crippen LogP contribution in [0.1, 0.15) is 18.4 Å². The number of ether oxygens (including phenoxy) is 1. The first-order valence-corrected chi connectivity index (χ1v) is 6.19. The third kappa shape index (κ3) is 3.81. The smallest absolute Gasteiger partial charge is 0.223 e. The molecule has 1 amide bonds. The molecule has 18 heavy (non-hydrogen) atoms. The summed E-state index contributed by atoms with van der Waals surface area (Å²) < 4.78 is 5.52.